The lowest BCUT2D eigenvalue weighted by Gasteiger charge is -2.23. The summed E-state index contributed by atoms with van der Waals surface area (Å²) in [5.74, 6) is 0.367. The number of esters is 1. The van der Waals surface area contributed by atoms with Crippen LogP contribution in [-0.2, 0) is 17.9 Å². The Kier molecular flexibility index (Phi) is 9.83. The summed E-state index contributed by atoms with van der Waals surface area (Å²) in [6.07, 6.45) is 3.37. The summed E-state index contributed by atoms with van der Waals surface area (Å²) in [6, 6.07) is 5.78. The molecule has 0 aliphatic carbocycles. The van der Waals surface area contributed by atoms with Crippen molar-refractivity contribution in [3.05, 3.63) is 39.8 Å². The highest BCUT2D eigenvalue weighted by molar-refractivity contribution is 5.81. The molecule has 0 fully saturated rings. The van der Waals surface area contributed by atoms with Gasteiger partial charge in [0.05, 0.1) is 13.2 Å². The molecule has 0 saturated carbocycles. The van der Waals surface area contributed by atoms with Crippen molar-refractivity contribution in [3.8, 4) is 11.8 Å². The number of nitrogen functional groups attached to an aromatic ring is 1. The number of rotatable bonds is 14. The molecule has 0 amide bonds. The van der Waals surface area contributed by atoms with Gasteiger partial charge >= 0.3 is 17.7 Å². The van der Waals surface area contributed by atoms with Crippen molar-refractivity contribution >= 4 is 23.0 Å². The molecule has 0 radical (unpaired) electrons. The van der Waals surface area contributed by atoms with Crippen LogP contribution in [0.15, 0.2) is 23.0 Å². The average molecular weight is 501 g/mol. The maximum Gasteiger partial charge on any atom is 0.327 e. The molecule has 36 heavy (non-hydrogen) atoms. The molecule has 2 heterocycles. The van der Waals surface area contributed by atoms with Gasteiger partial charge in [0.2, 0.25) is 0 Å². The molecule has 1 aromatic carbocycles. The Bertz CT molecular complexity index is 1220. The number of nitrogens with one attached hydrogen (secondary N) is 1. The highest BCUT2D eigenvalue weighted by Gasteiger charge is 2.15. The molecule has 0 unspecified atom stereocenters. The van der Waals surface area contributed by atoms with Crippen LogP contribution in [0, 0.1) is 6.92 Å². The van der Waals surface area contributed by atoms with Gasteiger partial charge in [-0.05, 0) is 49.9 Å². The Morgan fingerprint density at radius 1 is 1.22 bits per heavy atom. The maximum atomic E-state index is 12.5. The molecule has 11 nitrogen and oxygen atoms in total. The third-order valence-corrected chi connectivity index (χ3v) is 5.93. The fraction of sp³-hybridized carbons (Fsp3) is 0.520. The third kappa shape index (κ3) is 7.05. The summed E-state index contributed by atoms with van der Waals surface area (Å²) in [6.45, 7) is 8.17. The SMILES string of the molecule is CCCCOc1nc(N)c2[nH]c(=O)n(CCCCN(CCO)Cc3cccc(OC(C)=O)c3C)c2n1. The van der Waals surface area contributed by atoms with E-state index < -0.39 is 0 Å². The van der Waals surface area contributed by atoms with Gasteiger partial charge in [-0.2, -0.15) is 9.97 Å². The highest BCUT2D eigenvalue weighted by Crippen LogP contribution is 2.23. The first-order valence-corrected chi connectivity index (χ1v) is 12.3. The van der Waals surface area contributed by atoms with E-state index in [1.165, 1.54) is 6.92 Å². The van der Waals surface area contributed by atoms with Crippen molar-refractivity contribution in [2.24, 2.45) is 0 Å². The van der Waals surface area contributed by atoms with Gasteiger partial charge in [0.25, 0.3) is 0 Å². The predicted octanol–water partition coefficient (Wildman–Crippen LogP) is 2.39. The Hall–Kier alpha value is -3.44. The first-order chi connectivity index (χ1) is 17.3. The summed E-state index contributed by atoms with van der Waals surface area (Å²) >= 11 is 0. The second-order valence-corrected chi connectivity index (χ2v) is 8.71. The van der Waals surface area contributed by atoms with Crippen molar-refractivity contribution < 1.29 is 19.4 Å². The van der Waals surface area contributed by atoms with E-state index in [1.807, 2.05) is 19.1 Å². The van der Waals surface area contributed by atoms with Crippen LogP contribution in [-0.4, -0.2) is 61.8 Å². The van der Waals surface area contributed by atoms with Crippen LogP contribution in [0.4, 0.5) is 5.82 Å². The molecule has 0 aliphatic heterocycles. The zero-order valence-corrected chi connectivity index (χ0v) is 21.2. The number of benzene rings is 1. The first-order valence-electron chi connectivity index (χ1n) is 12.3. The fourth-order valence-corrected chi connectivity index (χ4v) is 3.96. The van der Waals surface area contributed by atoms with Crippen LogP contribution < -0.4 is 20.9 Å². The van der Waals surface area contributed by atoms with E-state index in [4.69, 9.17) is 15.2 Å². The summed E-state index contributed by atoms with van der Waals surface area (Å²) in [5, 5.41) is 9.55. The number of fused-ring (bicyclic) bond motifs is 1. The summed E-state index contributed by atoms with van der Waals surface area (Å²) in [4.78, 5) is 37.3. The molecule has 11 heteroatoms. The fourth-order valence-electron chi connectivity index (χ4n) is 3.96. The van der Waals surface area contributed by atoms with E-state index >= 15 is 0 Å². The van der Waals surface area contributed by atoms with Crippen molar-refractivity contribution in [2.45, 2.75) is 59.5 Å². The first kappa shape index (κ1) is 27.2. The number of aliphatic hydroxyl groups is 1. The highest BCUT2D eigenvalue weighted by atomic mass is 16.5. The van der Waals surface area contributed by atoms with Gasteiger partial charge < -0.3 is 25.3 Å². The van der Waals surface area contributed by atoms with Gasteiger partial charge in [0.1, 0.15) is 11.3 Å². The van der Waals surface area contributed by atoms with Crippen molar-refractivity contribution in [2.75, 3.05) is 32.0 Å². The Balaban J connectivity index is 1.64. The minimum atomic E-state index is -0.360. The molecular weight excluding hydrogens is 464 g/mol. The van der Waals surface area contributed by atoms with Crippen molar-refractivity contribution in [1.82, 2.24) is 24.4 Å². The number of aromatic amines is 1. The molecule has 0 atom stereocenters. The zero-order valence-electron chi connectivity index (χ0n) is 21.2. The van der Waals surface area contributed by atoms with Crippen LogP contribution in [0.1, 0.15) is 50.7 Å². The monoisotopic (exact) mass is 500 g/mol. The summed E-state index contributed by atoms with van der Waals surface area (Å²) in [7, 11) is 0. The van der Waals surface area contributed by atoms with E-state index in [9.17, 15) is 14.7 Å². The lowest BCUT2D eigenvalue weighted by molar-refractivity contribution is -0.131. The molecule has 0 saturated heterocycles. The number of hydrogen-bond donors (Lipinski definition) is 3. The van der Waals surface area contributed by atoms with Crippen molar-refractivity contribution in [3.63, 3.8) is 0 Å². The van der Waals surface area contributed by atoms with Gasteiger partial charge in [0.15, 0.2) is 11.5 Å². The van der Waals surface area contributed by atoms with Crippen LogP contribution in [0.2, 0.25) is 0 Å². The van der Waals surface area contributed by atoms with Crippen LogP contribution in [0.3, 0.4) is 0 Å². The molecule has 0 spiro atoms. The van der Waals surface area contributed by atoms with E-state index in [-0.39, 0.29) is 30.1 Å². The normalized spacial score (nSPS) is 11.4. The number of nitrogens with two attached hydrogens (primary N) is 1. The molecule has 3 rings (SSSR count). The lowest BCUT2D eigenvalue weighted by atomic mass is 10.1. The number of H-pyrrole nitrogens is 1. The maximum absolute atomic E-state index is 12.5. The standard InChI is InChI=1S/C25H36N6O5/c1-4-5-15-35-24-28-22(26)21-23(29-24)31(25(34)27-21)12-7-6-11-30(13-14-32)16-19-9-8-10-20(17(19)2)36-18(3)33/h8-10,32H,4-7,11-16H2,1-3H3,(H,27,34)(H2,26,28,29). The second-order valence-electron chi connectivity index (χ2n) is 8.71. The number of aromatic nitrogens is 4. The minimum absolute atomic E-state index is 0.0294. The summed E-state index contributed by atoms with van der Waals surface area (Å²) < 4.78 is 12.4. The molecular formula is C25H36N6O5. The Morgan fingerprint density at radius 2 is 2.03 bits per heavy atom. The number of aliphatic hydroxyl groups excluding tert-OH is 1. The topological polar surface area (TPSA) is 149 Å². The van der Waals surface area contributed by atoms with Gasteiger partial charge in [0, 0.05) is 26.6 Å². The smallest absolute Gasteiger partial charge is 0.327 e. The number of carbonyl (C=O) groups excluding carboxylic acids is 1. The number of imidazole rings is 1. The number of ether oxygens (including phenoxy) is 2. The second kappa shape index (κ2) is 13.0. The molecule has 196 valence electrons. The predicted molar refractivity (Wildman–Crippen MR) is 137 cm³/mol. The van der Waals surface area contributed by atoms with Gasteiger partial charge in [-0.3, -0.25) is 14.3 Å². The van der Waals surface area contributed by atoms with E-state index in [0.717, 1.165) is 43.4 Å². The minimum Gasteiger partial charge on any atom is -0.463 e. The lowest BCUT2D eigenvalue weighted by Crippen LogP contribution is -2.28. The van der Waals surface area contributed by atoms with Crippen LogP contribution >= 0.6 is 0 Å². The quantitative estimate of drug-likeness (QED) is 0.172. The van der Waals surface area contributed by atoms with Crippen LogP contribution in [0.25, 0.3) is 11.2 Å². The van der Waals surface area contributed by atoms with Crippen LogP contribution in [0.5, 0.6) is 11.8 Å². The Labute approximate surface area is 210 Å². The third-order valence-electron chi connectivity index (χ3n) is 5.93. The molecule has 4 N–H and O–H groups in total. The molecule has 0 aliphatic rings. The van der Waals surface area contributed by atoms with E-state index in [1.54, 1.807) is 10.6 Å². The number of anilines is 1. The Morgan fingerprint density at radius 3 is 2.75 bits per heavy atom. The number of nitrogens with zero attached hydrogens (tertiary/aromatic N) is 4. The number of unbranched alkanes of at least 4 members (excludes halogenated alkanes) is 2. The van der Waals surface area contributed by atoms with Gasteiger partial charge in [-0.25, -0.2) is 4.79 Å². The number of aryl methyl sites for hydroxylation is 1. The zero-order chi connectivity index (χ0) is 26.1. The van der Waals surface area contributed by atoms with E-state index in [0.29, 0.717) is 43.2 Å². The van der Waals surface area contributed by atoms with E-state index in [2.05, 4.69) is 26.8 Å². The molecule has 2 aromatic heterocycles. The van der Waals surface area contributed by atoms with Gasteiger partial charge in [-0.1, -0.05) is 25.5 Å². The van der Waals surface area contributed by atoms with Crippen molar-refractivity contribution in [1.29, 1.82) is 0 Å². The molecule has 3 aromatic rings. The van der Waals surface area contributed by atoms with Gasteiger partial charge in [-0.15, -0.1) is 0 Å². The largest absolute Gasteiger partial charge is 0.463 e. The number of hydrogen-bond acceptors (Lipinski definition) is 9. The number of carbonyl (C=O) groups is 1. The summed E-state index contributed by atoms with van der Waals surface area (Å²) in [5.41, 5.74) is 8.50. The average Bonchev–Trinajstić information content (AvgIpc) is 3.15. The molecule has 0 bridgehead atoms.